The molecule has 0 aliphatic rings. The molecule has 1 heterocycles. The van der Waals surface area contributed by atoms with Gasteiger partial charge in [-0.05, 0) is 18.7 Å². The number of nitrogens with two attached hydrogens (primary N) is 1. The normalized spacial score (nSPS) is 12.7. The Kier molecular flexibility index (Phi) is 5.86. The van der Waals surface area contributed by atoms with Crippen LogP contribution < -0.4 is 5.73 Å². The van der Waals surface area contributed by atoms with Gasteiger partial charge < -0.3 is 5.73 Å². The number of rotatable bonds is 6. The molecule has 0 aromatic carbocycles. The van der Waals surface area contributed by atoms with Gasteiger partial charge in [-0.25, -0.2) is 9.97 Å². The van der Waals surface area contributed by atoms with Crippen molar-refractivity contribution in [2.24, 2.45) is 0 Å². The van der Waals surface area contributed by atoms with Gasteiger partial charge in [0.25, 0.3) is 0 Å². The monoisotopic (exact) mass is 243 g/mol. The molecular weight excluding hydrogens is 226 g/mol. The van der Waals surface area contributed by atoms with E-state index in [0.717, 1.165) is 11.6 Å². The summed E-state index contributed by atoms with van der Waals surface area (Å²) in [6, 6.07) is 1.72. The topological polar surface area (TPSA) is 51.8 Å². The molecule has 0 saturated heterocycles. The van der Waals surface area contributed by atoms with Crippen LogP contribution in [0.1, 0.15) is 24.9 Å². The summed E-state index contributed by atoms with van der Waals surface area (Å²) in [5.74, 6) is 4.90. The van der Waals surface area contributed by atoms with E-state index in [2.05, 4.69) is 23.8 Å². The minimum absolute atomic E-state index is 0.325. The second kappa shape index (κ2) is 6.95. The van der Waals surface area contributed by atoms with Crippen LogP contribution in [0.4, 0.5) is 5.82 Å². The fraction of sp³-hybridized carbons (Fsp3) is 0.600. The zero-order chi connectivity index (χ0) is 11.1. The molecule has 0 radical (unpaired) electrons. The highest BCUT2D eigenvalue weighted by atomic mass is 32.2. The van der Waals surface area contributed by atoms with E-state index in [1.54, 1.807) is 12.3 Å². The molecule has 5 heteroatoms. The van der Waals surface area contributed by atoms with Gasteiger partial charge in [-0.1, -0.05) is 6.92 Å². The predicted molar refractivity (Wildman–Crippen MR) is 70.3 cm³/mol. The molecule has 0 amide bonds. The molecule has 0 aliphatic heterocycles. The molecule has 2 N–H and O–H groups in total. The number of aromatic nitrogens is 2. The first kappa shape index (κ1) is 12.6. The lowest BCUT2D eigenvalue weighted by Crippen LogP contribution is -2.01. The van der Waals surface area contributed by atoms with Gasteiger partial charge in [-0.15, -0.1) is 11.8 Å². The Hall–Kier alpha value is -0.420. The number of nitrogens with zero attached hydrogens (tertiary/aromatic N) is 2. The van der Waals surface area contributed by atoms with Crippen molar-refractivity contribution in [1.29, 1.82) is 0 Å². The van der Waals surface area contributed by atoms with Crippen LogP contribution in [0.3, 0.4) is 0 Å². The molecule has 0 fully saturated rings. The summed E-state index contributed by atoms with van der Waals surface area (Å²) in [6.45, 7) is 4.30. The number of hydrogen-bond donors (Lipinski definition) is 1. The van der Waals surface area contributed by atoms with Crippen LogP contribution in [0.2, 0.25) is 0 Å². The van der Waals surface area contributed by atoms with Crippen molar-refractivity contribution in [1.82, 2.24) is 9.97 Å². The van der Waals surface area contributed by atoms with E-state index < -0.39 is 0 Å². The molecule has 0 bridgehead atoms. The minimum atomic E-state index is 0.325. The lowest BCUT2D eigenvalue weighted by Gasteiger charge is -2.09. The molecular formula is C10H17N3S2. The maximum absolute atomic E-state index is 5.61. The Bertz CT molecular complexity index is 294. The minimum Gasteiger partial charge on any atom is -0.384 e. The summed E-state index contributed by atoms with van der Waals surface area (Å²) >= 11 is 3.84. The second-order valence-electron chi connectivity index (χ2n) is 3.05. The van der Waals surface area contributed by atoms with Crippen molar-refractivity contribution in [3.8, 4) is 0 Å². The van der Waals surface area contributed by atoms with Gasteiger partial charge in [0.1, 0.15) is 11.6 Å². The average Bonchev–Trinajstić information content (AvgIpc) is 2.24. The molecule has 3 nitrogen and oxygen atoms in total. The van der Waals surface area contributed by atoms with E-state index in [1.807, 2.05) is 23.5 Å². The van der Waals surface area contributed by atoms with Gasteiger partial charge in [-0.2, -0.15) is 11.8 Å². The molecule has 1 aromatic heterocycles. The van der Waals surface area contributed by atoms with E-state index >= 15 is 0 Å². The summed E-state index contributed by atoms with van der Waals surface area (Å²) < 4.78 is 0. The van der Waals surface area contributed by atoms with Crippen molar-refractivity contribution in [2.45, 2.75) is 19.1 Å². The zero-order valence-electron chi connectivity index (χ0n) is 9.14. The third-order valence-corrected chi connectivity index (χ3v) is 4.17. The van der Waals surface area contributed by atoms with Crippen LogP contribution in [0.15, 0.2) is 12.3 Å². The van der Waals surface area contributed by atoms with Crippen LogP contribution >= 0.6 is 23.5 Å². The van der Waals surface area contributed by atoms with Gasteiger partial charge in [0.2, 0.25) is 0 Å². The lowest BCUT2D eigenvalue weighted by atomic mass is 10.4. The van der Waals surface area contributed by atoms with Crippen molar-refractivity contribution >= 4 is 29.3 Å². The fourth-order valence-electron chi connectivity index (χ4n) is 1.09. The lowest BCUT2D eigenvalue weighted by molar-refractivity contribution is 0.924. The standard InChI is InChI=1S/C10H17N3S2/c1-3-14-6-7-15-8(2)10-12-5-4-9(11)13-10/h4-5,8H,3,6-7H2,1-2H3,(H2,11,12,13)/t8-/m0/s1. The van der Waals surface area contributed by atoms with Crippen molar-refractivity contribution in [3.63, 3.8) is 0 Å². The van der Waals surface area contributed by atoms with E-state index in [-0.39, 0.29) is 0 Å². The average molecular weight is 243 g/mol. The maximum Gasteiger partial charge on any atom is 0.143 e. The van der Waals surface area contributed by atoms with E-state index in [0.29, 0.717) is 11.1 Å². The first-order valence-corrected chi connectivity index (χ1v) is 7.22. The number of anilines is 1. The van der Waals surface area contributed by atoms with Gasteiger partial charge in [0.15, 0.2) is 0 Å². The van der Waals surface area contributed by atoms with Crippen LogP contribution in [0.25, 0.3) is 0 Å². The Balaban J connectivity index is 2.36. The highest BCUT2D eigenvalue weighted by Crippen LogP contribution is 2.26. The summed E-state index contributed by atoms with van der Waals surface area (Å²) in [6.07, 6.45) is 1.72. The van der Waals surface area contributed by atoms with Crippen LogP contribution in [-0.4, -0.2) is 27.2 Å². The van der Waals surface area contributed by atoms with E-state index in [1.165, 1.54) is 11.5 Å². The summed E-state index contributed by atoms with van der Waals surface area (Å²) in [7, 11) is 0. The molecule has 0 saturated carbocycles. The predicted octanol–water partition coefficient (Wildman–Crippen LogP) is 2.61. The van der Waals surface area contributed by atoms with Crippen LogP contribution in [-0.2, 0) is 0 Å². The highest BCUT2D eigenvalue weighted by Gasteiger charge is 2.08. The zero-order valence-corrected chi connectivity index (χ0v) is 10.8. The number of hydrogen-bond acceptors (Lipinski definition) is 5. The fourth-order valence-corrected chi connectivity index (χ4v) is 2.85. The Labute approximate surface area is 99.6 Å². The Morgan fingerprint density at radius 3 is 2.93 bits per heavy atom. The third kappa shape index (κ3) is 4.75. The van der Waals surface area contributed by atoms with Gasteiger partial charge >= 0.3 is 0 Å². The molecule has 1 rings (SSSR count). The molecule has 0 unspecified atom stereocenters. The molecule has 1 atom stereocenters. The van der Waals surface area contributed by atoms with Crippen molar-refractivity contribution in [2.75, 3.05) is 23.0 Å². The Morgan fingerprint density at radius 2 is 2.27 bits per heavy atom. The summed E-state index contributed by atoms with van der Waals surface area (Å²) in [4.78, 5) is 8.43. The molecule has 0 spiro atoms. The Morgan fingerprint density at radius 1 is 1.47 bits per heavy atom. The summed E-state index contributed by atoms with van der Waals surface area (Å²) in [5, 5.41) is 0.325. The summed E-state index contributed by atoms with van der Waals surface area (Å²) in [5.41, 5.74) is 5.61. The van der Waals surface area contributed by atoms with E-state index in [4.69, 9.17) is 5.73 Å². The van der Waals surface area contributed by atoms with Gasteiger partial charge in [0, 0.05) is 17.7 Å². The van der Waals surface area contributed by atoms with Crippen LogP contribution in [0.5, 0.6) is 0 Å². The van der Waals surface area contributed by atoms with Gasteiger partial charge in [-0.3, -0.25) is 0 Å². The highest BCUT2D eigenvalue weighted by molar-refractivity contribution is 8.03. The van der Waals surface area contributed by atoms with Crippen LogP contribution in [0, 0.1) is 0 Å². The molecule has 1 aromatic rings. The molecule has 0 aliphatic carbocycles. The maximum atomic E-state index is 5.61. The first-order chi connectivity index (χ1) is 7.24. The quantitative estimate of drug-likeness (QED) is 0.778. The number of nitrogen functional groups attached to an aromatic ring is 1. The smallest absolute Gasteiger partial charge is 0.143 e. The first-order valence-electron chi connectivity index (χ1n) is 5.01. The largest absolute Gasteiger partial charge is 0.384 e. The van der Waals surface area contributed by atoms with E-state index in [9.17, 15) is 0 Å². The van der Waals surface area contributed by atoms with Crippen molar-refractivity contribution < 1.29 is 0 Å². The molecule has 84 valence electrons. The van der Waals surface area contributed by atoms with Crippen molar-refractivity contribution in [3.05, 3.63) is 18.1 Å². The SMILES string of the molecule is CCSCCS[C@@H](C)c1nccc(N)n1. The number of thioether (sulfide) groups is 2. The van der Waals surface area contributed by atoms with Gasteiger partial charge in [0.05, 0.1) is 5.25 Å². The molecule has 15 heavy (non-hydrogen) atoms. The third-order valence-electron chi connectivity index (χ3n) is 1.86. The second-order valence-corrected chi connectivity index (χ2v) is 5.89.